The molecule has 1 fully saturated rings. The van der Waals surface area contributed by atoms with Crippen molar-refractivity contribution >= 4 is 23.1 Å². The Morgan fingerprint density at radius 1 is 1.00 bits per heavy atom. The Morgan fingerprint density at radius 2 is 1.76 bits per heavy atom. The van der Waals surface area contributed by atoms with Crippen LogP contribution < -0.4 is 19.1 Å². The second kappa shape index (κ2) is 9.66. The van der Waals surface area contributed by atoms with Crippen LogP contribution >= 0.6 is 0 Å². The number of aromatic nitrogens is 1. The number of Topliss-reactive ketones (excluding diaryl/α,β-unsaturated/α-hetero) is 1. The molecule has 174 valence electrons. The number of ether oxygens (including phenoxy) is 3. The Kier molecular flexibility index (Phi) is 6.49. The van der Waals surface area contributed by atoms with E-state index in [4.69, 9.17) is 14.2 Å². The molecule has 0 saturated carbocycles. The highest BCUT2D eigenvalue weighted by Gasteiger charge is 2.47. The van der Waals surface area contributed by atoms with Gasteiger partial charge in [-0.05, 0) is 55.0 Å². The van der Waals surface area contributed by atoms with Gasteiger partial charge in [-0.3, -0.25) is 19.5 Å². The molecule has 1 N–H and O–H groups in total. The summed E-state index contributed by atoms with van der Waals surface area (Å²) in [6.45, 7) is 2.31. The smallest absolute Gasteiger partial charge is 0.300 e. The van der Waals surface area contributed by atoms with E-state index in [0.29, 0.717) is 35.1 Å². The molecule has 8 heteroatoms. The maximum absolute atomic E-state index is 13.3. The summed E-state index contributed by atoms with van der Waals surface area (Å²) in [6, 6.07) is 14.3. The van der Waals surface area contributed by atoms with E-state index in [9.17, 15) is 14.7 Å². The van der Waals surface area contributed by atoms with Gasteiger partial charge in [-0.15, -0.1) is 0 Å². The summed E-state index contributed by atoms with van der Waals surface area (Å²) in [6.07, 6.45) is 3.14. The Morgan fingerprint density at radius 3 is 2.44 bits per heavy atom. The molecule has 0 spiro atoms. The monoisotopic (exact) mass is 460 g/mol. The van der Waals surface area contributed by atoms with Gasteiger partial charge in [0.2, 0.25) is 0 Å². The van der Waals surface area contributed by atoms with Gasteiger partial charge in [0.05, 0.1) is 38.0 Å². The largest absolute Gasteiger partial charge is 0.507 e. The Balaban J connectivity index is 1.95. The maximum atomic E-state index is 13.3. The van der Waals surface area contributed by atoms with Crippen molar-refractivity contribution in [1.82, 2.24) is 4.98 Å². The number of aliphatic hydroxyl groups is 1. The first-order valence-electron chi connectivity index (χ1n) is 10.7. The number of ketones is 1. The lowest BCUT2D eigenvalue weighted by molar-refractivity contribution is -0.132. The highest BCUT2D eigenvalue weighted by molar-refractivity contribution is 6.51. The zero-order valence-electron chi connectivity index (χ0n) is 19.0. The highest BCUT2D eigenvalue weighted by Crippen LogP contribution is 2.44. The van der Waals surface area contributed by atoms with E-state index < -0.39 is 17.7 Å². The van der Waals surface area contributed by atoms with Crippen LogP contribution in [0.15, 0.2) is 72.6 Å². The van der Waals surface area contributed by atoms with E-state index in [-0.39, 0.29) is 16.9 Å². The number of amides is 1. The number of anilines is 1. The summed E-state index contributed by atoms with van der Waals surface area (Å²) < 4.78 is 16.3. The molecule has 1 aliphatic heterocycles. The number of pyridine rings is 1. The van der Waals surface area contributed by atoms with E-state index in [0.717, 1.165) is 0 Å². The van der Waals surface area contributed by atoms with Gasteiger partial charge in [-0.1, -0.05) is 6.07 Å². The maximum Gasteiger partial charge on any atom is 0.300 e. The molecule has 8 nitrogen and oxygen atoms in total. The van der Waals surface area contributed by atoms with Crippen molar-refractivity contribution in [3.63, 3.8) is 0 Å². The fraction of sp³-hybridized carbons (Fsp3) is 0.192. The molecule has 1 aliphatic rings. The Labute approximate surface area is 197 Å². The molecule has 4 rings (SSSR count). The number of carbonyl (C=O) groups is 2. The van der Waals surface area contributed by atoms with Crippen LogP contribution in [0, 0.1) is 0 Å². The van der Waals surface area contributed by atoms with Crippen molar-refractivity contribution in [2.75, 3.05) is 25.7 Å². The van der Waals surface area contributed by atoms with Gasteiger partial charge in [0.25, 0.3) is 11.7 Å². The molecule has 3 aromatic rings. The van der Waals surface area contributed by atoms with Crippen molar-refractivity contribution in [2.45, 2.75) is 13.0 Å². The van der Waals surface area contributed by atoms with Gasteiger partial charge in [-0.2, -0.15) is 0 Å². The van der Waals surface area contributed by atoms with Crippen molar-refractivity contribution in [1.29, 1.82) is 0 Å². The van der Waals surface area contributed by atoms with Crippen molar-refractivity contribution in [2.24, 2.45) is 0 Å². The standard InChI is InChI=1S/C26H24N2O6/c1-4-34-19-7-5-6-17(14-19)28-23(16-10-12-27-13-11-16)22(25(30)26(28)31)24(29)20-15-18(32-2)8-9-21(20)33-3/h5-15,23,29H,4H2,1-3H3/b24-22+. The van der Waals surface area contributed by atoms with E-state index in [1.54, 1.807) is 67.0 Å². The van der Waals surface area contributed by atoms with E-state index in [1.807, 2.05) is 6.92 Å². The third-order valence-corrected chi connectivity index (χ3v) is 5.53. The first-order chi connectivity index (χ1) is 16.5. The molecule has 1 saturated heterocycles. The minimum atomic E-state index is -0.893. The summed E-state index contributed by atoms with van der Waals surface area (Å²) >= 11 is 0. The van der Waals surface area contributed by atoms with E-state index in [1.165, 1.54) is 19.1 Å². The summed E-state index contributed by atoms with van der Waals surface area (Å²) in [5.41, 5.74) is 1.25. The SMILES string of the molecule is CCOc1cccc(N2C(=O)C(=O)/C(=C(/O)c3cc(OC)ccc3OC)C2c2ccncc2)c1. The van der Waals surface area contributed by atoms with Crippen molar-refractivity contribution < 1.29 is 28.9 Å². The van der Waals surface area contributed by atoms with E-state index >= 15 is 0 Å². The van der Waals surface area contributed by atoms with Gasteiger partial charge in [0.1, 0.15) is 23.0 Å². The lowest BCUT2D eigenvalue weighted by Gasteiger charge is -2.25. The van der Waals surface area contributed by atoms with Crippen LogP contribution in [0.25, 0.3) is 5.76 Å². The molecule has 2 heterocycles. The van der Waals surface area contributed by atoms with Crippen LogP contribution in [-0.4, -0.2) is 42.6 Å². The molecule has 1 amide bonds. The lowest BCUT2D eigenvalue weighted by Crippen LogP contribution is -2.29. The minimum absolute atomic E-state index is 0.0652. The number of hydrogen-bond acceptors (Lipinski definition) is 7. The van der Waals surface area contributed by atoms with Gasteiger partial charge in [0.15, 0.2) is 0 Å². The molecular formula is C26H24N2O6. The zero-order chi connectivity index (χ0) is 24.2. The van der Waals surface area contributed by atoms with E-state index in [2.05, 4.69) is 4.98 Å². The van der Waals surface area contributed by atoms with Gasteiger partial charge < -0.3 is 19.3 Å². The number of methoxy groups -OCH3 is 2. The summed E-state index contributed by atoms with van der Waals surface area (Å²) in [5.74, 6) is -0.591. The van der Waals surface area contributed by atoms with Gasteiger partial charge in [0, 0.05) is 24.1 Å². The molecular weight excluding hydrogens is 436 g/mol. The molecule has 1 aromatic heterocycles. The number of carbonyl (C=O) groups excluding carboxylic acids is 2. The number of benzene rings is 2. The second-order valence-electron chi connectivity index (χ2n) is 7.45. The predicted octanol–water partition coefficient (Wildman–Crippen LogP) is 4.12. The number of nitrogens with zero attached hydrogens (tertiary/aromatic N) is 2. The molecule has 1 atom stereocenters. The predicted molar refractivity (Wildman–Crippen MR) is 126 cm³/mol. The van der Waals surface area contributed by atoms with Crippen LogP contribution in [0.3, 0.4) is 0 Å². The number of hydrogen-bond donors (Lipinski definition) is 1. The third-order valence-electron chi connectivity index (χ3n) is 5.53. The first kappa shape index (κ1) is 22.8. The summed E-state index contributed by atoms with van der Waals surface area (Å²) in [4.78, 5) is 32.0. The topological polar surface area (TPSA) is 98.2 Å². The van der Waals surface area contributed by atoms with Crippen molar-refractivity contribution in [3.8, 4) is 17.2 Å². The molecule has 2 aromatic carbocycles. The fourth-order valence-corrected chi connectivity index (χ4v) is 3.99. The van der Waals surface area contributed by atoms with Gasteiger partial charge >= 0.3 is 0 Å². The average Bonchev–Trinajstić information content (AvgIpc) is 3.14. The van der Waals surface area contributed by atoms with Crippen molar-refractivity contribution in [3.05, 3.63) is 83.7 Å². The van der Waals surface area contributed by atoms with Crippen LogP contribution in [0.4, 0.5) is 5.69 Å². The molecule has 34 heavy (non-hydrogen) atoms. The van der Waals surface area contributed by atoms with Crippen LogP contribution in [-0.2, 0) is 9.59 Å². The van der Waals surface area contributed by atoms with Gasteiger partial charge in [-0.25, -0.2) is 0 Å². The molecule has 0 bridgehead atoms. The summed E-state index contributed by atoms with van der Waals surface area (Å²) in [5, 5.41) is 11.4. The molecule has 0 aliphatic carbocycles. The molecule has 1 unspecified atom stereocenters. The number of rotatable bonds is 7. The van der Waals surface area contributed by atoms with Crippen LogP contribution in [0.2, 0.25) is 0 Å². The fourth-order valence-electron chi connectivity index (χ4n) is 3.99. The van der Waals surface area contributed by atoms with Crippen LogP contribution in [0.5, 0.6) is 17.2 Å². The minimum Gasteiger partial charge on any atom is -0.507 e. The first-order valence-corrected chi connectivity index (χ1v) is 10.7. The average molecular weight is 460 g/mol. The number of aliphatic hydroxyl groups excluding tert-OH is 1. The Bertz CT molecular complexity index is 1260. The summed E-state index contributed by atoms with van der Waals surface area (Å²) in [7, 11) is 2.95. The quantitative estimate of drug-likeness (QED) is 0.322. The normalized spacial score (nSPS) is 17.0. The molecule has 0 radical (unpaired) electrons. The second-order valence-corrected chi connectivity index (χ2v) is 7.45. The zero-order valence-corrected chi connectivity index (χ0v) is 19.0. The highest BCUT2D eigenvalue weighted by atomic mass is 16.5. The van der Waals surface area contributed by atoms with Crippen LogP contribution in [0.1, 0.15) is 24.1 Å². The lowest BCUT2D eigenvalue weighted by atomic mass is 9.95. The Hall–Kier alpha value is -4.33. The third kappa shape index (κ3) is 4.05.